The third-order valence-electron chi connectivity index (χ3n) is 4.92. The third kappa shape index (κ3) is 3.41. The normalized spacial score (nSPS) is 16.6. The van der Waals surface area contributed by atoms with Crippen LogP contribution < -0.4 is 14.8 Å². The van der Waals surface area contributed by atoms with E-state index in [9.17, 15) is 8.42 Å². The van der Waals surface area contributed by atoms with Gasteiger partial charge in [-0.05, 0) is 41.5 Å². The van der Waals surface area contributed by atoms with E-state index in [0.29, 0.717) is 32.6 Å². The van der Waals surface area contributed by atoms with E-state index in [-0.39, 0.29) is 0 Å². The number of hydrogen-bond acceptors (Lipinski definition) is 6. The number of rotatable bonds is 3. The SMILES string of the molecule is COc1ccc2c(ccc3ncnc(N4CCCN(S(N)(=O)=O)CC4)c32)c1. The van der Waals surface area contributed by atoms with Gasteiger partial charge in [-0.25, -0.2) is 15.1 Å². The number of fused-ring (bicyclic) bond motifs is 3. The zero-order chi connectivity index (χ0) is 19.0. The summed E-state index contributed by atoms with van der Waals surface area (Å²) in [6.07, 6.45) is 2.23. The molecular weight excluding hydrogens is 366 g/mol. The number of benzene rings is 2. The summed E-state index contributed by atoms with van der Waals surface area (Å²) in [6, 6.07) is 9.90. The van der Waals surface area contributed by atoms with Crippen LogP contribution in [-0.4, -0.2) is 56.0 Å². The molecule has 0 unspecified atom stereocenters. The van der Waals surface area contributed by atoms with Crippen LogP contribution in [0, 0.1) is 0 Å². The molecule has 0 amide bonds. The maximum atomic E-state index is 11.7. The van der Waals surface area contributed by atoms with E-state index in [0.717, 1.165) is 33.2 Å². The Balaban J connectivity index is 1.80. The van der Waals surface area contributed by atoms with Gasteiger partial charge in [0, 0.05) is 26.2 Å². The summed E-state index contributed by atoms with van der Waals surface area (Å²) in [5.74, 6) is 1.60. The maximum absolute atomic E-state index is 11.7. The van der Waals surface area contributed by atoms with Gasteiger partial charge < -0.3 is 9.64 Å². The Kier molecular flexibility index (Phi) is 4.58. The molecule has 142 valence electrons. The highest BCUT2D eigenvalue weighted by atomic mass is 32.2. The standard InChI is InChI=1S/C18H21N5O3S/c1-26-14-4-5-15-13(11-14)3-6-16-17(15)18(21-12-20-16)22-7-2-8-23(10-9-22)27(19,24)25/h3-6,11-12H,2,7-10H2,1H3,(H2,19,24,25). The van der Waals surface area contributed by atoms with Crippen LogP contribution in [0.2, 0.25) is 0 Å². The van der Waals surface area contributed by atoms with E-state index in [1.54, 1.807) is 13.4 Å². The smallest absolute Gasteiger partial charge is 0.276 e. The fourth-order valence-electron chi connectivity index (χ4n) is 3.58. The zero-order valence-corrected chi connectivity index (χ0v) is 15.8. The van der Waals surface area contributed by atoms with Crippen LogP contribution >= 0.6 is 0 Å². The number of anilines is 1. The first kappa shape index (κ1) is 17.9. The molecule has 2 aromatic carbocycles. The molecule has 0 aliphatic carbocycles. The van der Waals surface area contributed by atoms with Crippen molar-refractivity contribution in [1.29, 1.82) is 0 Å². The minimum absolute atomic E-state index is 0.336. The molecule has 2 N–H and O–H groups in total. The topological polar surface area (TPSA) is 102 Å². The monoisotopic (exact) mass is 387 g/mol. The Hall–Kier alpha value is -2.49. The Morgan fingerprint density at radius 1 is 1.07 bits per heavy atom. The lowest BCUT2D eigenvalue weighted by Gasteiger charge is -2.23. The van der Waals surface area contributed by atoms with Gasteiger partial charge in [-0.2, -0.15) is 12.7 Å². The van der Waals surface area contributed by atoms with Crippen LogP contribution in [0.3, 0.4) is 0 Å². The van der Waals surface area contributed by atoms with Gasteiger partial charge in [-0.3, -0.25) is 0 Å². The Morgan fingerprint density at radius 2 is 1.93 bits per heavy atom. The molecule has 0 saturated carbocycles. The molecular formula is C18H21N5O3S. The fourth-order valence-corrected chi connectivity index (χ4v) is 4.30. The Labute approximate surface area is 157 Å². The number of ether oxygens (including phenoxy) is 1. The summed E-state index contributed by atoms with van der Waals surface area (Å²) in [6.45, 7) is 1.97. The first-order valence-corrected chi connectivity index (χ1v) is 10.2. The molecule has 3 aromatic rings. The van der Waals surface area contributed by atoms with Crippen molar-refractivity contribution >= 4 is 37.7 Å². The third-order valence-corrected chi connectivity index (χ3v) is 6.00. The lowest BCUT2D eigenvalue weighted by atomic mass is 10.0. The first-order valence-electron chi connectivity index (χ1n) is 8.71. The Morgan fingerprint density at radius 3 is 2.70 bits per heavy atom. The van der Waals surface area contributed by atoms with Crippen LogP contribution in [0.25, 0.3) is 21.7 Å². The van der Waals surface area contributed by atoms with Gasteiger partial charge in [-0.1, -0.05) is 6.07 Å². The summed E-state index contributed by atoms with van der Waals surface area (Å²) in [4.78, 5) is 11.1. The summed E-state index contributed by atoms with van der Waals surface area (Å²) in [5, 5.41) is 8.34. The van der Waals surface area contributed by atoms with Crippen LogP contribution in [0.4, 0.5) is 5.82 Å². The highest BCUT2D eigenvalue weighted by Crippen LogP contribution is 2.33. The lowest BCUT2D eigenvalue weighted by Crippen LogP contribution is -2.39. The van der Waals surface area contributed by atoms with Crippen molar-refractivity contribution in [3.63, 3.8) is 0 Å². The quantitative estimate of drug-likeness (QED) is 0.684. The molecule has 1 aliphatic rings. The lowest BCUT2D eigenvalue weighted by molar-refractivity contribution is 0.415. The maximum Gasteiger partial charge on any atom is 0.276 e. The average molecular weight is 387 g/mol. The van der Waals surface area contributed by atoms with Crippen molar-refractivity contribution in [2.45, 2.75) is 6.42 Å². The van der Waals surface area contributed by atoms with Crippen molar-refractivity contribution in [2.24, 2.45) is 5.14 Å². The molecule has 2 heterocycles. The minimum Gasteiger partial charge on any atom is -0.497 e. The van der Waals surface area contributed by atoms with Crippen LogP contribution in [0.15, 0.2) is 36.7 Å². The van der Waals surface area contributed by atoms with Gasteiger partial charge in [0.2, 0.25) is 0 Å². The highest BCUT2D eigenvalue weighted by molar-refractivity contribution is 7.86. The molecule has 1 aliphatic heterocycles. The van der Waals surface area contributed by atoms with Gasteiger partial charge in [0.25, 0.3) is 10.2 Å². The van der Waals surface area contributed by atoms with Crippen molar-refractivity contribution in [2.75, 3.05) is 38.2 Å². The largest absolute Gasteiger partial charge is 0.497 e. The predicted octanol–water partition coefficient (Wildman–Crippen LogP) is 1.51. The van der Waals surface area contributed by atoms with Gasteiger partial charge in [-0.15, -0.1) is 0 Å². The van der Waals surface area contributed by atoms with Crippen LogP contribution in [-0.2, 0) is 10.2 Å². The van der Waals surface area contributed by atoms with Crippen molar-refractivity contribution < 1.29 is 13.2 Å². The van der Waals surface area contributed by atoms with E-state index in [4.69, 9.17) is 9.88 Å². The van der Waals surface area contributed by atoms with Gasteiger partial charge in [0.1, 0.15) is 17.9 Å². The van der Waals surface area contributed by atoms with E-state index in [1.807, 2.05) is 30.3 Å². The van der Waals surface area contributed by atoms with Gasteiger partial charge >= 0.3 is 0 Å². The molecule has 4 rings (SSSR count). The molecule has 1 aromatic heterocycles. The van der Waals surface area contributed by atoms with Crippen LogP contribution in [0.5, 0.6) is 5.75 Å². The highest BCUT2D eigenvalue weighted by Gasteiger charge is 2.24. The summed E-state index contributed by atoms with van der Waals surface area (Å²) in [7, 11) is -2.04. The Bertz CT molecular complexity index is 1100. The molecule has 0 atom stereocenters. The number of methoxy groups -OCH3 is 1. The molecule has 0 bridgehead atoms. The number of hydrogen-bond donors (Lipinski definition) is 1. The van der Waals surface area contributed by atoms with Crippen molar-refractivity contribution in [1.82, 2.24) is 14.3 Å². The molecule has 8 nitrogen and oxygen atoms in total. The molecule has 0 radical (unpaired) electrons. The second kappa shape index (κ2) is 6.91. The molecule has 1 saturated heterocycles. The second-order valence-electron chi connectivity index (χ2n) is 6.53. The number of nitrogens with two attached hydrogens (primary N) is 1. The molecule has 9 heteroatoms. The number of nitrogens with zero attached hydrogens (tertiary/aromatic N) is 4. The van der Waals surface area contributed by atoms with E-state index >= 15 is 0 Å². The summed E-state index contributed by atoms with van der Waals surface area (Å²) in [5.41, 5.74) is 0.852. The van der Waals surface area contributed by atoms with Gasteiger partial charge in [0.05, 0.1) is 18.0 Å². The minimum atomic E-state index is -3.68. The van der Waals surface area contributed by atoms with Gasteiger partial charge in [0.15, 0.2) is 0 Å². The zero-order valence-electron chi connectivity index (χ0n) is 15.0. The van der Waals surface area contributed by atoms with Crippen LogP contribution in [0.1, 0.15) is 6.42 Å². The van der Waals surface area contributed by atoms with E-state index in [2.05, 4.69) is 14.9 Å². The molecule has 0 spiro atoms. The molecule has 1 fully saturated rings. The fraction of sp³-hybridized carbons (Fsp3) is 0.333. The number of aromatic nitrogens is 2. The first-order chi connectivity index (χ1) is 13.0. The summed E-state index contributed by atoms with van der Waals surface area (Å²) < 4.78 is 30.0. The summed E-state index contributed by atoms with van der Waals surface area (Å²) >= 11 is 0. The predicted molar refractivity (Wildman–Crippen MR) is 105 cm³/mol. The van der Waals surface area contributed by atoms with E-state index < -0.39 is 10.2 Å². The van der Waals surface area contributed by atoms with Crippen molar-refractivity contribution in [3.05, 3.63) is 36.7 Å². The second-order valence-corrected chi connectivity index (χ2v) is 8.07. The molecule has 27 heavy (non-hydrogen) atoms. The van der Waals surface area contributed by atoms with Crippen molar-refractivity contribution in [3.8, 4) is 5.75 Å². The average Bonchev–Trinajstić information content (AvgIpc) is 2.93. The van der Waals surface area contributed by atoms with E-state index in [1.165, 1.54) is 4.31 Å².